The number of benzene rings is 2. The highest BCUT2D eigenvalue weighted by Crippen LogP contribution is 2.33. The molecule has 0 radical (unpaired) electrons. The molecule has 2 nitrogen and oxygen atoms in total. The van der Waals surface area contributed by atoms with Crippen LogP contribution in [-0.4, -0.2) is 13.1 Å². The molecule has 1 N–H and O–H groups in total. The summed E-state index contributed by atoms with van der Waals surface area (Å²) in [6, 6.07) is 12.8. The van der Waals surface area contributed by atoms with E-state index in [1.807, 2.05) is 37.3 Å². The van der Waals surface area contributed by atoms with E-state index in [0.29, 0.717) is 5.92 Å². The van der Waals surface area contributed by atoms with Gasteiger partial charge in [0.25, 0.3) is 0 Å². The number of ether oxygens (including phenoxy) is 1. The fourth-order valence-electron chi connectivity index (χ4n) is 2.48. The van der Waals surface area contributed by atoms with E-state index in [1.54, 1.807) is 6.07 Å². The van der Waals surface area contributed by atoms with E-state index in [4.69, 9.17) is 16.3 Å². The molecular formula is C17H17ClFNO. The number of nitrogens with one attached hydrogen (secondary N) is 1. The topological polar surface area (TPSA) is 21.3 Å². The summed E-state index contributed by atoms with van der Waals surface area (Å²) in [5, 5.41) is 3.38. The molecule has 110 valence electrons. The van der Waals surface area contributed by atoms with E-state index in [0.717, 1.165) is 30.0 Å². The van der Waals surface area contributed by atoms with Crippen molar-refractivity contribution in [3.05, 3.63) is 64.4 Å². The van der Waals surface area contributed by atoms with Crippen molar-refractivity contribution >= 4 is 11.6 Å². The van der Waals surface area contributed by atoms with Crippen molar-refractivity contribution in [3.63, 3.8) is 0 Å². The molecule has 0 saturated carbocycles. The quantitative estimate of drug-likeness (QED) is 0.917. The van der Waals surface area contributed by atoms with Gasteiger partial charge in [0, 0.05) is 19.0 Å². The third kappa shape index (κ3) is 3.04. The van der Waals surface area contributed by atoms with Crippen molar-refractivity contribution in [1.82, 2.24) is 5.32 Å². The molecule has 0 amide bonds. The third-order valence-electron chi connectivity index (χ3n) is 3.86. The minimum Gasteiger partial charge on any atom is -0.485 e. The molecule has 2 aromatic carbocycles. The van der Waals surface area contributed by atoms with Crippen LogP contribution in [0.4, 0.5) is 4.39 Å². The zero-order chi connectivity index (χ0) is 14.8. The lowest BCUT2D eigenvalue weighted by Crippen LogP contribution is -2.46. The normalized spacial score (nSPS) is 16.3. The SMILES string of the molecule is Cc1ccccc1OC(c1ccc(Cl)c(F)c1)C1CNC1. The molecule has 1 atom stereocenters. The van der Waals surface area contributed by atoms with Gasteiger partial charge in [-0.2, -0.15) is 0 Å². The van der Waals surface area contributed by atoms with Crippen molar-refractivity contribution in [3.8, 4) is 5.75 Å². The fraction of sp³-hybridized carbons (Fsp3) is 0.294. The van der Waals surface area contributed by atoms with Gasteiger partial charge < -0.3 is 10.1 Å². The van der Waals surface area contributed by atoms with Crippen LogP contribution < -0.4 is 10.1 Å². The maximum atomic E-state index is 13.7. The molecule has 4 heteroatoms. The zero-order valence-corrected chi connectivity index (χ0v) is 12.5. The Labute approximate surface area is 128 Å². The molecule has 0 aliphatic carbocycles. The number of halogens is 2. The van der Waals surface area contributed by atoms with Crippen LogP contribution in [0.5, 0.6) is 5.75 Å². The standard InChI is InChI=1S/C17H17ClFNO/c1-11-4-2-3-5-16(11)21-17(13-9-20-10-13)12-6-7-14(18)15(19)8-12/h2-8,13,17,20H,9-10H2,1H3. The number of hydrogen-bond acceptors (Lipinski definition) is 2. The Morgan fingerprint density at radius 3 is 2.62 bits per heavy atom. The van der Waals surface area contributed by atoms with Crippen LogP contribution in [0.1, 0.15) is 17.2 Å². The van der Waals surface area contributed by atoms with Gasteiger partial charge >= 0.3 is 0 Å². The molecule has 0 aromatic heterocycles. The minimum absolute atomic E-state index is 0.139. The van der Waals surface area contributed by atoms with Crippen LogP contribution >= 0.6 is 11.6 Å². The zero-order valence-electron chi connectivity index (χ0n) is 11.8. The van der Waals surface area contributed by atoms with Crippen molar-refractivity contribution < 1.29 is 9.13 Å². The molecule has 1 fully saturated rings. The van der Waals surface area contributed by atoms with E-state index in [2.05, 4.69) is 5.32 Å². The maximum Gasteiger partial charge on any atom is 0.142 e. The molecule has 1 aliphatic heterocycles. The summed E-state index contributed by atoms with van der Waals surface area (Å²) in [6.45, 7) is 3.76. The second-order valence-corrected chi connectivity index (χ2v) is 5.80. The molecule has 1 aliphatic rings. The van der Waals surface area contributed by atoms with Crippen LogP contribution in [0.3, 0.4) is 0 Å². The lowest BCUT2D eigenvalue weighted by Gasteiger charge is -2.35. The summed E-state index contributed by atoms with van der Waals surface area (Å²) < 4.78 is 19.9. The third-order valence-corrected chi connectivity index (χ3v) is 4.17. The summed E-state index contributed by atoms with van der Waals surface area (Å²) in [6.07, 6.45) is -0.167. The molecule has 3 rings (SSSR count). The van der Waals surface area contributed by atoms with Gasteiger partial charge in [-0.15, -0.1) is 0 Å². The highest BCUT2D eigenvalue weighted by Gasteiger charge is 2.30. The first kappa shape index (κ1) is 14.4. The van der Waals surface area contributed by atoms with E-state index < -0.39 is 5.82 Å². The fourth-order valence-corrected chi connectivity index (χ4v) is 2.59. The molecule has 21 heavy (non-hydrogen) atoms. The van der Waals surface area contributed by atoms with E-state index >= 15 is 0 Å². The second-order valence-electron chi connectivity index (χ2n) is 5.40. The average molecular weight is 306 g/mol. The number of aryl methyl sites for hydroxylation is 1. The molecule has 1 heterocycles. The molecule has 1 saturated heterocycles. The summed E-state index contributed by atoms with van der Waals surface area (Å²) in [5.41, 5.74) is 1.90. The monoisotopic (exact) mass is 305 g/mol. The van der Waals surface area contributed by atoms with E-state index in [1.165, 1.54) is 6.07 Å². The smallest absolute Gasteiger partial charge is 0.142 e. The van der Waals surface area contributed by atoms with Gasteiger partial charge in [0.15, 0.2) is 0 Å². The Hall–Kier alpha value is -1.58. The summed E-state index contributed by atoms with van der Waals surface area (Å²) >= 11 is 5.77. The Morgan fingerprint density at radius 1 is 1.24 bits per heavy atom. The molecule has 2 aromatic rings. The number of hydrogen-bond donors (Lipinski definition) is 1. The van der Waals surface area contributed by atoms with Crippen molar-refractivity contribution in [2.45, 2.75) is 13.0 Å². The van der Waals surface area contributed by atoms with Gasteiger partial charge in [-0.3, -0.25) is 0 Å². The predicted octanol–water partition coefficient (Wildman–Crippen LogP) is 4.13. The lowest BCUT2D eigenvalue weighted by molar-refractivity contribution is 0.0983. The Kier molecular flexibility index (Phi) is 4.13. The summed E-state index contributed by atoms with van der Waals surface area (Å²) in [4.78, 5) is 0. The lowest BCUT2D eigenvalue weighted by atomic mass is 9.90. The van der Waals surface area contributed by atoms with Crippen LogP contribution in [0.15, 0.2) is 42.5 Å². The van der Waals surface area contributed by atoms with E-state index in [9.17, 15) is 4.39 Å². The molecule has 0 bridgehead atoms. The van der Waals surface area contributed by atoms with Gasteiger partial charge in [-0.25, -0.2) is 4.39 Å². The first-order valence-electron chi connectivity index (χ1n) is 7.03. The van der Waals surface area contributed by atoms with Crippen LogP contribution in [0.25, 0.3) is 0 Å². The van der Waals surface area contributed by atoms with Gasteiger partial charge in [0.05, 0.1) is 5.02 Å². The number of para-hydroxylation sites is 1. The van der Waals surface area contributed by atoms with Gasteiger partial charge in [-0.05, 0) is 36.2 Å². The minimum atomic E-state index is -0.403. The van der Waals surface area contributed by atoms with Crippen molar-refractivity contribution in [1.29, 1.82) is 0 Å². The maximum absolute atomic E-state index is 13.7. The first-order chi connectivity index (χ1) is 10.1. The molecular weight excluding hydrogens is 289 g/mol. The first-order valence-corrected chi connectivity index (χ1v) is 7.41. The highest BCUT2D eigenvalue weighted by atomic mass is 35.5. The summed E-state index contributed by atoms with van der Waals surface area (Å²) in [5.74, 6) is 0.773. The van der Waals surface area contributed by atoms with Crippen LogP contribution in [0, 0.1) is 18.7 Å². The van der Waals surface area contributed by atoms with E-state index in [-0.39, 0.29) is 11.1 Å². The van der Waals surface area contributed by atoms with Crippen LogP contribution in [-0.2, 0) is 0 Å². The van der Waals surface area contributed by atoms with Gasteiger partial charge in [0.1, 0.15) is 17.7 Å². The Morgan fingerprint density at radius 2 is 2.00 bits per heavy atom. The molecule has 1 unspecified atom stereocenters. The van der Waals surface area contributed by atoms with Gasteiger partial charge in [0.2, 0.25) is 0 Å². The number of rotatable bonds is 4. The van der Waals surface area contributed by atoms with Crippen molar-refractivity contribution in [2.75, 3.05) is 13.1 Å². The van der Waals surface area contributed by atoms with Gasteiger partial charge in [-0.1, -0.05) is 35.9 Å². The molecule has 0 spiro atoms. The Balaban J connectivity index is 1.90. The largest absolute Gasteiger partial charge is 0.485 e. The second kappa shape index (κ2) is 6.04. The Bertz CT molecular complexity index is 642. The average Bonchev–Trinajstić information content (AvgIpc) is 2.41. The van der Waals surface area contributed by atoms with Crippen LogP contribution in [0.2, 0.25) is 5.02 Å². The highest BCUT2D eigenvalue weighted by molar-refractivity contribution is 6.30. The van der Waals surface area contributed by atoms with Crippen molar-refractivity contribution in [2.24, 2.45) is 5.92 Å². The predicted molar refractivity (Wildman–Crippen MR) is 82.3 cm³/mol. The summed E-state index contributed by atoms with van der Waals surface area (Å²) in [7, 11) is 0.